The summed E-state index contributed by atoms with van der Waals surface area (Å²) in [6.45, 7) is 1.79. The second-order valence-corrected chi connectivity index (χ2v) is 3.15. The average molecular weight is 276 g/mol. The van der Waals surface area contributed by atoms with Gasteiger partial charge in [0.25, 0.3) is 0 Å². The lowest BCUT2D eigenvalue weighted by Crippen LogP contribution is -2.38. The lowest BCUT2D eigenvalue weighted by molar-refractivity contribution is -0.119. The molecule has 0 saturated carbocycles. The van der Waals surface area contributed by atoms with Gasteiger partial charge in [-0.2, -0.15) is 0 Å². The number of hydrogen-bond acceptors (Lipinski definition) is 6. The van der Waals surface area contributed by atoms with E-state index in [1.165, 1.54) is 13.8 Å². The summed E-state index contributed by atoms with van der Waals surface area (Å²) in [4.78, 5) is 42.8. The third-order valence-corrected chi connectivity index (χ3v) is 1.52. The number of carbonyl (C=O) groups excluding carboxylic acids is 4. The molecule has 0 aromatic heterocycles. The third kappa shape index (κ3) is 11.7. The lowest BCUT2D eigenvalue weighted by Gasteiger charge is -2.09. The van der Waals surface area contributed by atoms with Gasteiger partial charge in [-0.05, 0) is 0 Å². The second-order valence-electron chi connectivity index (χ2n) is 3.15. The minimum Gasteiger partial charge on any atom is -0.412 e. The Kier molecular flexibility index (Phi) is 8.24. The van der Waals surface area contributed by atoms with E-state index in [0.717, 1.165) is 0 Å². The summed E-state index contributed by atoms with van der Waals surface area (Å²) in [6.07, 6.45) is -1.72. The molecule has 0 atom stereocenters. The van der Waals surface area contributed by atoms with Crippen LogP contribution >= 0.6 is 0 Å². The van der Waals surface area contributed by atoms with E-state index < -0.39 is 19.0 Å². The molecule has 0 heterocycles. The summed E-state index contributed by atoms with van der Waals surface area (Å²) in [6, 6.07) is 0. The van der Waals surface area contributed by atoms with Crippen LogP contribution in [0.5, 0.6) is 0 Å². The maximum Gasteiger partial charge on any atom is 0.411 e. The van der Waals surface area contributed by atoms with Gasteiger partial charge in [0.1, 0.15) is 0 Å². The molecule has 4 N–H and O–H groups in total. The maximum absolute atomic E-state index is 11.0. The summed E-state index contributed by atoms with van der Waals surface area (Å²) < 4.78 is 8.90. The van der Waals surface area contributed by atoms with E-state index in [9.17, 15) is 19.2 Å². The summed E-state index contributed by atoms with van der Waals surface area (Å²) in [5, 5.41) is 8.97. The molecule has 0 fully saturated rings. The minimum absolute atomic E-state index is 0.0944. The Balaban J connectivity index is 3.50. The number of rotatable bonds is 6. The molecule has 19 heavy (non-hydrogen) atoms. The summed E-state index contributed by atoms with van der Waals surface area (Å²) in [7, 11) is 0. The normalized spacial score (nSPS) is 8.95. The predicted octanol–water partition coefficient (Wildman–Crippen LogP) is -1.42. The summed E-state index contributed by atoms with van der Waals surface area (Å²) in [5.74, 6) is -0.622. The van der Waals surface area contributed by atoms with Crippen molar-refractivity contribution < 1.29 is 28.7 Å². The Morgan fingerprint density at radius 3 is 1.42 bits per heavy atom. The fourth-order valence-electron chi connectivity index (χ4n) is 0.720. The molecule has 0 rings (SSSR count). The standard InChI is InChI=1S/C9H16N4O6/c1-6(14)10-3-12-8(16)18-5-19-9(17)13-4-11-7(2)15/h3-5H2,1-2H3,(H,10,14)(H,11,15)(H,12,16)(H,13,17). The monoisotopic (exact) mass is 276 g/mol. The number of alkyl carbamates (subject to hydrolysis) is 2. The van der Waals surface area contributed by atoms with Gasteiger partial charge in [0.15, 0.2) is 0 Å². The number of amides is 4. The van der Waals surface area contributed by atoms with Gasteiger partial charge in [-0.1, -0.05) is 0 Å². The van der Waals surface area contributed by atoms with E-state index in [-0.39, 0.29) is 25.2 Å². The van der Waals surface area contributed by atoms with Crippen LogP contribution in [0.1, 0.15) is 13.8 Å². The molecular formula is C9H16N4O6. The smallest absolute Gasteiger partial charge is 0.411 e. The van der Waals surface area contributed by atoms with Crippen LogP contribution in [-0.4, -0.2) is 44.1 Å². The molecule has 4 amide bonds. The fraction of sp³-hybridized carbons (Fsp3) is 0.556. The fourth-order valence-corrected chi connectivity index (χ4v) is 0.720. The minimum atomic E-state index is -0.858. The van der Waals surface area contributed by atoms with E-state index in [1.807, 2.05) is 0 Å². The van der Waals surface area contributed by atoms with Crippen molar-refractivity contribution >= 4 is 24.0 Å². The van der Waals surface area contributed by atoms with Crippen molar-refractivity contribution in [1.29, 1.82) is 0 Å². The first-order valence-corrected chi connectivity index (χ1v) is 5.22. The Labute approximate surface area is 109 Å². The Morgan fingerprint density at radius 1 is 0.737 bits per heavy atom. The van der Waals surface area contributed by atoms with Crippen molar-refractivity contribution in [2.24, 2.45) is 0 Å². The van der Waals surface area contributed by atoms with Gasteiger partial charge in [-0.25, -0.2) is 9.59 Å². The Morgan fingerprint density at radius 2 is 1.11 bits per heavy atom. The zero-order chi connectivity index (χ0) is 14.7. The highest BCUT2D eigenvalue weighted by Gasteiger charge is 2.04. The van der Waals surface area contributed by atoms with Crippen molar-refractivity contribution in [3.63, 3.8) is 0 Å². The zero-order valence-electron chi connectivity index (χ0n) is 10.6. The van der Waals surface area contributed by atoms with E-state index in [0.29, 0.717) is 0 Å². The van der Waals surface area contributed by atoms with Crippen LogP contribution in [0, 0.1) is 0 Å². The highest BCUT2D eigenvalue weighted by molar-refractivity contribution is 5.74. The van der Waals surface area contributed by atoms with Crippen molar-refractivity contribution in [1.82, 2.24) is 21.3 Å². The molecule has 0 aliphatic heterocycles. The van der Waals surface area contributed by atoms with Gasteiger partial charge < -0.3 is 30.7 Å². The molecule has 10 nitrogen and oxygen atoms in total. The van der Waals surface area contributed by atoms with Gasteiger partial charge in [-0.15, -0.1) is 0 Å². The number of nitrogens with one attached hydrogen (secondary N) is 4. The molecular weight excluding hydrogens is 260 g/mol. The quantitative estimate of drug-likeness (QED) is 0.440. The first kappa shape index (κ1) is 16.5. The summed E-state index contributed by atoms with van der Waals surface area (Å²) in [5.41, 5.74) is 0. The third-order valence-electron chi connectivity index (χ3n) is 1.52. The first-order chi connectivity index (χ1) is 8.91. The van der Waals surface area contributed by atoms with Crippen LogP contribution in [-0.2, 0) is 19.1 Å². The molecule has 0 saturated heterocycles. The lowest BCUT2D eigenvalue weighted by atomic mass is 10.7. The molecule has 0 aliphatic rings. The molecule has 10 heteroatoms. The van der Waals surface area contributed by atoms with Crippen molar-refractivity contribution in [2.45, 2.75) is 13.8 Å². The van der Waals surface area contributed by atoms with E-state index >= 15 is 0 Å². The second kappa shape index (κ2) is 9.50. The van der Waals surface area contributed by atoms with Crippen LogP contribution in [0.15, 0.2) is 0 Å². The Bertz CT molecular complexity index is 314. The van der Waals surface area contributed by atoms with Crippen LogP contribution < -0.4 is 21.3 Å². The van der Waals surface area contributed by atoms with Gasteiger partial charge in [0.2, 0.25) is 18.6 Å². The van der Waals surface area contributed by atoms with Crippen molar-refractivity contribution in [3.8, 4) is 0 Å². The number of hydrogen-bond donors (Lipinski definition) is 4. The molecule has 0 aliphatic carbocycles. The topological polar surface area (TPSA) is 135 Å². The maximum atomic E-state index is 11.0. The van der Waals surface area contributed by atoms with Gasteiger partial charge in [0.05, 0.1) is 13.3 Å². The number of ether oxygens (including phenoxy) is 2. The molecule has 0 unspecified atom stereocenters. The average Bonchev–Trinajstić information content (AvgIpc) is 2.27. The van der Waals surface area contributed by atoms with Crippen molar-refractivity contribution in [3.05, 3.63) is 0 Å². The van der Waals surface area contributed by atoms with E-state index in [1.54, 1.807) is 0 Å². The van der Waals surface area contributed by atoms with Crippen LogP contribution in [0.25, 0.3) is 0 Å². The van der Waals surface area contributed by atoms with E-state index in [2.05, 4.69) is 30.7 Å². The Hall–Kier alpha value is -2.52. The molecule has 0 bridgehead atoms. The largest absolute Gasteiger partial charge is 0.412 e. The SMILES string of the molecule is CC(=O)NCNC(=O)OCOC(=O)NCNC(C)=O. The van der Waals surface area contributed by atoms with Crippen LogP contribution in [0.2, 0.25) is 0 Å². The molecule has 108 valence electrons. The van der Waals surface area contributed by atoms with Gasteiger partial charge in [-0.3, -0.25) is 9.59 Å². The zero-order valence-corrected chi connectivity index (χ0v) is 10.6. The van der Waals surface area contributed by atoms with E-state index in [4.69, 9.17) is 0 Å². The number of carbonyl (C=O) groups is 4. The molecule has 0 spiro atoms. The summed E-state index contributed by atoms with van der Waals surface area (Å²) >= 11 is 0. The van der Waals surface area contributed by atoms with Crippen LogP contribution in [0.4, 0.5) is 9.59 Å². The molecule has 0 radical (unpaired) electrons. The highest BCUT2D eigenvalue weighted by atomic mass is 16.7. The predicted molar refractivity (Wildman–Crippen MR) is 61.5 cm³/mol. The molecule has 0 aromatic carbocycles. The first-order valence-electron chi connectivity index (χ1n) is 5.22. The van der Waals surface area contributed by atoms with Crippen LogP contribution in [0.3, 0.4) is 0 Å². The highest BCUT2D eigenvalue weighted by Crippen LogP contribution is 1.81. The van der Waals surface area contributed by atoms with Gasteiger partial charge in [0, 0.05) is 13.8 Å². The van der Waals surface area contributed by atoms with Gasteiger partial charge >= 0.3 is 12.2 Å². The van der Waals surface area contributed by atoms with Crippen molar-refractivity contribution in [2.75, 3.05) is 20.1 Å². The molecule has 0 aromatic rings.